The van der Waals surface area contributed by atoms with E-state index in [0.29, 0.717) is 29.3 Å². The predicted octanol–water partition coefficient (Wildman–Crippen LogP) is 4.17. The molecule has 0 aliphatic carbocycles. The first-order valence-corrected chi connectivity index (χ1v) is 9.78. The van der Waals surface area contributed by atoms with Crippen LogP contribution in [-0.2, 0) is 14.3 Å². The zero-order chi connectivity index (χ0) is 22.9. The van der Waals surface area contributed by atoms with Crippen LogP contribution < -0.4 is 16.2 Å². The van der Waals surface area contributed by atoms with Crippen molar-refractivity contribution in [2.24, 2.45) is 0 Å². The van der Waals surface area contributed by atoms with E-state index in [1.165, 1.54) is 0 Å². The number of rotatable bonds is 8. The molecule has 2 aromatic carbocycles. The molecule has 0 spiro atoms. The van der Waals surface area contributed by atoms with E-state index in [1.54, 1.807) is 55.5 Å². The van der Waals surface area contributed by atoms with Crippen LogP contribution in [0.15, 0.2) is 60.7 Å². The van der Waals surface area contributed by atoms with Crippen molar-refractivity contribution in [2.75, 3.05) is 31.3 Å². The molecule has 0 aliphatic rings. The Morgan fingerprint density at radius 2 is 1.50 bits per heavy atom. The van der Waals surface area contributed by atoms with Crippen molar-refractivity contribution in [1.82, 2.24) is 0 Å². The van der Waals surface area contributed by atoms with Crippen molar-refractivity contribution >= 4 is 17.3 Å². The monoisotopic (exact) mass is 418 g/mol. The smallest absolute Gasteiger partial charge is 0.333 e. The highest BCUT2D eigenvalue weighted by Gasteiger charge is 2.16. The van der Waals surface area contributed by atoms with Gasteiger partial charge in [-0.05, 0) is 62.4 Å². The third-order valence-electron chi connectivity index (χ3n) is 3.34. The molecule has 7 nitrogen and oxygen atoms in total. The second kappa shape index (κ2) is 15.7. The average molecular weight is 419 g/mol. The van der Waals surface area contributed by atoms with Gasteiger partial charge in [0.25, 0.3) is 0 Å². The first kappa shape index (κ1) is 26.8. The van der Waals surface area contributed by atoms with E-state index < -0.39 is 12.1 Å². The molecule has 0 amide bonds. The summed E-state index contributed by atoms with van der Waals surface area (Å²) in [5, 5.41) is 8.70. The molecule has 2 aromatic rings. The van der Waals surface area contributed by atoms with Crippen LogP contribution in [0.1, 0.15) is 27.7 Å². The lowest BCUT2D eigenvalue weighted by molar-refractivity contribution is -0.149. The van der Waals surface area contributed by atoms with Crippen LogP contribution in [0.4, 0.5) is 11.4 Å². The van der Waals surface area contributed by atoms with Gasteiger partial charge in [-0.15, -0.1) is 0 Å². The standard InChI is InChI=1S/C15H21NO4.C6H7NO.C2H6/c1-4-18-9-14(20-15(17)11(2)3)10-19-13-7-5-12(16)6-8-13;7-5-1-3-6(8)4-2-5;1-2/h5-8,14H,2,4,9-10,16H2,1,3H3;1-4,8H,7H2;1-2H3. The average Bonchev–Trinajstić information content (AvgIpc) is 2.75. The van der Waals surface area contributed by atoms with Gasteiger partial charge in [-0.25, -0.2) is 4.79 Å². The highest BCUT2D eigenvalue weighted by atomic mass is 16.6. The van der Waals surface area contributed by atoms with Crippen molar-refractivity contribution in [3.8, 4) is 11.5 Å². The zero-order valence-corrected chi connectivity index (χ0v) is 18.3. The maximum absolute atomic E-state index is 11.5. The molecule has 5 N–H and O–H groups in total. The summed E-state index contributed by atoms with van der Waals surface area (Å²) in [6.45, 7) is 12.1. The molecule has 1 atom stereocenters. The topological polar surface area (TPSA) is 117 Å². The Labute approximate surface area is 179 Å². The van der Waals surface area contributed by atoms with Crippen molar-refractivity contribution in [2.45, 2.75) is 33.8 Å². The van der Waals surface area contributed by atoms with E-state index in [0.717, 1.165) is 0 Å². The van der Waals surface area contributed by atoms with Gasteiger partial charge < -0.3 is 30.8 Å². The van der Waals surface area contributed by atoms with Gasteiger partial charge >= 0.3 is 5.97 Å². The molecular formula is C23H34N2O5. The molecule has 0 bridgehead atoms. The van der Waals surface area contributed by atoms with Gasteiger partial charge in [0, 0.05) is 23.6 Å². The number of hydrogen-bond donors (Lipinski definition) is 3. The Kier molecular flexibility index (Phi) is 14.0. The highest BCUT2D eigenvalue weighted by Crippen LogP contribution is 2.14. The van der Waals surface area contributed by atoms with Crippen LogP contribution in [-0.4, -0.2) is 37.0 Å². The number of aromatic hydroxyl groups is 1. The van der Waals surface area contributed by atoms with E-state index in [-0.39, 0.29) is 19.0 Å². The quantitative estimate of drug-likeness (QED) is 0.255. The summed E-state index contributed by atoms with van der Waals surface area (Å²) in [6.07, 6.45) is -0.475. The molecule has 1 unspecified atom stereocenters. The normalized spacial score (nSPS) is 10.4. The fraction of sp³-hybridized carbons (Fsp3) is 0.348. The number of esters is 1. The molecule has 166 valence electrons. The lowest BCUT2D eigenvalue weighted by Gasteiger charge is -2.18. The lowest BCUT2D eigenvalue weighted by Crippen LogP contribution is -2.30. The minimum Gasteiger partial charge on any atom is -0.508 e. The second-order valence-electron chi connectivity index (χ2n) is 5.94. The van der Waals surface area contributed by atoms with E-state index in [1.807, 2.05) is 20.8 Å². The van der Waals surface area contributed by atoms with Crippen LogP contribution in [0, 0.1) is 0 Å². The second-order valence-corrected chi connectivity index (χ2v) is 5.94. The number of carbonyl (C=O) groups excluding carboxylic acids is 1. The fourth-order valence-corrected chi connectivity index (χ4v) is 1.84. The number of nitrogens with two attached hydrogens (primary N) is 2. The van der Waals surface area contributed by atoms with Crippen LogP contribution in [0.25, 0.3) is 0 Å². The van der Waals surface area contributed by atoms with E-state index in [9.17, 15) is 4.79 Å². The number of anilines is 2. The summed E-state index contributed by atoms with van der Waals surface area (Å²) in [5.74, 6) is 0.460. The van der Waals surface area contributed by atoms with Gasteiger partial charge in [0.1, 0.15) is 18.1 Å². The third-order valence-corrected chi connectivity index (χ3v) is 3.34. The van der Waals surface area contributed by atoms with Gasteiger partial charge in [-0.1, -0.05) is 20.4 Å². The van der Waals surface area contributed by atoms with E-state index in [2.05, 4.69) is 6.58 Å². The molecule has 0 saturated heterocycles. The Morgan fingerprint density at radius 3 is 1.93 bits per heavy atom. The lowest BCUT2D eigenvalue weighted by atomic mass is 10.3. The van der Waals surface area contributed by atoms with E-state index in [4.69, 9.17) is 30.8 Å². The number of carbonyl (C=O) groups is 1. The van der Waals surface area contributed by atoms with Crippen molar-refractivity contribution in [3.05, 3.63) is 60.7 Å². The number of nitrogen functional groups attached to an aromatic ring is 2. The Bertz CT molecular complexity index is 709. The molecule has 0 heterocycles. The largest absolute Gasteiger partial charge is 0.508 e. The molecule has 0 aromatic heterocycles. The van der Waals surface area contributed by atoms with Gasteiger partial charge in [0.05, 0.1) is 6.61 Å². The SMILES string of the molecule is C=C(C)C(=O)OC(COCC)COc1ccc(N)cc1.CC.Nc1ccc(O)cc1. The van der Waals surface area contributed by atoms with E-state index >= 15 is 0 Å². The Balaban J connectivity index is 0.000000696. The summed E-state index contributed by atoms with van der Waals surface area (Å²) in [7, 11) is 0. The predicted molar refractivity (Wildman–Crippen MR) is 121 cm³/mol. The fourth-order valence-electron chi connectivity index (χ4n) is 1.84. The first-order valence-electron chi connectivity index (χ1n) is 9.78. The van der Waals surface area contributed by atoms with Crippen LogP contribution in [0.3, 0.4) is 0 Å². The first-order chi connectivity index (χ1) is 14.3. The molecule has 0 aliphatic heterocycles. The maximum atomic E-state index is 11.5. The van der Waals surface area contributed by atoms with Gasteiger partial charge in [-0.3, -0.25) is 0 Å². The number of hydrogen-bond acceptors (Lipinski definition) is 7. The minimum atomic E-state index is -0.475. The van der Waals surface area contributed by atoms with Crippen LogP contribution in [0.5, 0.6) is 11.5 Å². The van der Waals surface area contributed by atoms with Crippen molar-refractivity contribution in [3.63, 3.8) is 0 Å². The molecule has 7 heteroatoms. The zero-order valence-electron chi connectivity index (χ0n) is 18.3. The molecule has 0 fully saturated rings. The molecular weight excluding hydrogens is 384 g/mol. The summed E-state index contributed by atoms with van der Waals surface area (Å²) < 4.78 is 16.1. The van der Waals surface area contributed by atoms with Crippen molar-refractivity contribution in [1.29, 1.82) is 0 Å². The maximum Gasteiger partial charge on any atom is 0.333 e. The Morgan fingerprint density at radius 1 is 1.00 bits per heavy atom. The number of phenolic OH excluding ortho intramolecular Hbond substituents is 1. The molecule has 30 heavy (non-hydrogen) atoms. The summed E-state index contributed by atoms with van der Waals surface area (Å²) >= 11 is 0. The minimum absolute atomic E-state index is 0.211. The summed E-state index contributed by atoms with van der Waals surface area (Å²) in [4.78, 5) is 11.5. The van der Waals surface area contributed by atoms with Crippen LogP contribution >= 0.6 is 0 Å². The van der Waals surface area contributed by atoms with Gasteiger partial charge in [0.2, 0.25) is 0 Å². The molecule has 0 saturated carbocycles. The summed E-state index contributed by atoms with van der Waals surface area (Å²) in [5.41, 5.74) is 12.6. The Hall–Kier alpha value is -3.19. The highest BCUT2D eigenvalue weighted by molar-refractivity contribution is 5.87. The third kappa shape index (κ3) is 12.3. The molecule has 0 radical (unpaired) electrons. The van der Waals surface area contributed by atoms with Gasteiger partial charge in [-0.2, -0.15) is 0 Å². The van der Waals surface area contributed by atoms with Gasteiger partial charge in [0.15, 0.2) is 6.10 Å². The number of benzene rings is 2. The number of phenols is 1. The van der Waals surface area contributed by atoms with Crippen LogP contribution in [0.2, 0.25) is 0 Å². The summed E-state index contributed by atoms with van der Waals surface area (Å²) in [6, 6.07) is 13.4. The molecule has 2 rings (SSSR count). The number of ether oxygens (including phenoxy) is 3. The van der Waals surface area contributed by atoms with Crippen molar-refractivity contribution < 1.29 is 24.1 Å².